The molecule has 30 heavy (non-hydrogen) atoms. The molecule has 2 N–H and O–H groups in total. The van der Waals surface area contributed by atoms with Crippen LogP contribution in [0.5, 0.6) is 0 Å². The zero-order chi connectivity index (χ0) is 21.3. The summed E-state index contributed by atoms with van der Waals surface area (Å²) < 4.78 is 1.50. The SMILES string of the molecule is CC(=O)Nc1ccc(Cl)c(NC(=O)CCn2cnc3sc4c(c3c2=O)CCCC4)c1. The number of hydrogen-bond donors (Lipinski definition) is 2. The van der Waals surface area contributed by atoms with Crippen LogP contribution in [0.15, 0.2) is 29.3 Å². The number of fused-ring (bicyclic) bond motifs is 3. The second-order valence-electron chi connectivity index (χ2n) is 7.31. The molecule has 7 nitrogen and oxygen atoms in total. The molecule has 0 radical (unpaired) electrons. The van der Waals surface area contributed by atoms with Gasteiger partial charge in [0.05, 0.1) is 22.4 Å². The van der Waals surface area contributed by atoms with Gasteiger partial charge in [0, 0.05) is 30.5 Å². The fourth-order valence-corrected chi connectivity index (χ4v) is 5.06. The van der Waals surface area contributed by atoms with Gasteiger partial charge in [-0.25, -0.2) is 4.98 Å². The molecule has 0 saturated heterocycles. The van der Waals surface area contributed by atoms with E-state index in [1.807, 2.05) is 0 Å². The first-order chi connectivity index (χ1) is 14.4. The third kappa shape index (κ3) is 4.24. The van der Waals surface area contributed by atoms with Crippen LogP contribution in [-0.4, -0.2) is 21.4 Å². The second kappa shape index (κ2) is 8.57. The number of benzene rings is 1. The van der Waals surface area contributed by atoms with Crippen LogP contribution in [0.3, 0.4) is 0 Å². The van der Waals surface area contributed by atoms with Crippen LogP contribution < -0.4 is 16.2 Å². The molecule has 3 aromatic rings. The summed E-state index contributed by atoms with van der Waals surface area (Å²) in [6.45, 7) is 1.63. The number of amides is 2. The number of nitrogens with one attached hydrogen (secondary N) is 2. The Morgan fingerprint density at radius 1 is 1.23 bits per heavy atom. The van der Waals surface area contributed by atoms with Gasteiger partial charge in [0.2, 0.25) is 11.8 Å². The summed E-state index contributed by atoms with van der Waals surface area (Å²) in [7, 11) is 0. The molecule has 0 fully saturated rings. The fourth-order valence-electron chi connectivity index (χ4n) is 3.68. The van der Waals surface area contributed by atoms with Crippen LogP contribution in [0.1, 0.15) is 36.6 Å². The van der Waals surface area contributed by atoms with Gasteiger partial charge >= 0.3 is 0 Å². The molecule has 2 aromatic heterocycles. The molecule has 0 bridgehead atoms. The zero-order valence-electron chi connectivity index (χ0n) is 16.5. The summed E-state index contributed by atoms with van der Waals surface area (Å²) in [5.41, 5.74) is 1.99. The first-order valence-corrected chi connectivity index (χ1v) is 11.0. The molecule has 9 heteroatoms. The highest BCUT2D eigenvalue weighted by molar-refractivity contribution is 7.18. The summed E-state index contributed by atoms with van der Waals surface area (Å²) >= 11 is 7.76. The normalized spacial score (nSPS) is 13.1. The van der Waals surface area contributed by atoms with Crippen LogP contribution in [0, 0.1) is 0 Å². The summed E-state index contributed by atoms with van der Waals surface area (Å²) in [5.74, 6) is -0.497. The molecular formula is C21H21ClN4O3S. The van der Waals surface area contributed by atoms with E-state index in [1.165, 1.54) is 22.7 Å². The van der Waals surface area contributed by atoms with Gasteiger partial charge in [-0.15, -0.1) is 11.3 Å². The maximum Gasteiger partial charge on any atom is 0.262 e. The van der Waals surface area contributed by atoms with Crippen molar-refractivity contribution >= 4 is 56.3 Å². The lowest BCUT2D eigenvalue weighted by molar-refractivity contribution is -0.116. The number of aromatic nitrogens is 2. The quantitative estimate of drug-likeness (QED) is 0.622. The standard InChI is InChI=1S/C21H21ClN4O3S/c1-12(27)24-13-6-7-15(22)16(10-13)25-18(28)8-9-26-11-23-20-19(21(26)29)14-4-2-3-5-17(14)30-20/h6-7,10-11H,2-5,8-9H2,1H3,(H,24,27)(H,25,28). The predicted molar refractivity (Wildman–Crippen MR) is 120 cm³/mol. The van der Waals surface area contributed by atoms with Gasteiger partial charge in [-0.1, -0.05) is 11.6 Å². The Morgan fingerprint density at radius 2 is 2.03 bits per heavy atom. The fraction of sp³-hybridized carbons (Fsp3) is 0.333. The number of nitrogens with zero attached hydrogens (tertiary/aromatic N) is 2. The first kappa shape index (κ1) is 20.6. The molecule has 156 valence electrons. The van der Waals surface area contributed by atoms with Crippen LogP contribution in [0.4, 0.5) is 11.4 Å². The third-order valence-electron chi connectivity index (χ3n) is 5.08. The summed E-state index contributed by atoms with van der Waals surface area (Å²) in [6, 6.07) is 4.85. The zero-order valence-corrected chi connectivity index (χ0v) is 18.0. The van der Waals surface area contributed by atoms with E-state index in [9.17, 15) is 14.4 Å². The Morgan fingerprint density at radius 3 is 2.83 bits per heavy atom. The van der Waals surface area contributed by atoms with E-state index in [0.717, 1.165) is 36.1 Å². The van der Waals surface area contributed by atoms with Crippen molar-refractivity contribution in [2.45, 2.75) is 45.6 Å². The van der Waals surface area contributed by atoms with Crippen LogP contribution in [0.2, 0.25) is 5.02 Å². The van der Waals surface area contributed by atoms with Crippen molar-refractivity contribution in [3.8, 4) is 0 Å². The predicted octanol–water partition coefficient (Wildman–Crippen LogP) is 3.98. The second-order valence-corrected chi connectivity index (χ2v) is 8.80. The number of hydrogen-bond acceptors (Lipinski definition) is 5. The summed E-state index contributed by atoms with van der Waals surface area (Å²) in [4.78, 5) is 43.1. The number of rotatable bonds is 5. The Balaban J connectivity index is 1.48. The van der Waals surface area contributed by atoms with Crippen LogP contribution >= 0.6 is 22.9 Å². The Bertz CT molecular complexity index is 1200. The number of carbonyl (C=O) groups excluding carboxylic acids is 2. The maximum atomic E-state index is 13.0. The van der Waals surface area contributed by atoms with E-state index < -0.39 is 0 Å². The number of aryl methyl sites for hydroxylation is 3. The maximum absolute atomic E-state index is 13.0. The van der Waals surface area contributed by atoms with Gasteiger partial charge in [-0.05, 0) is 49.4 Å². The highest BCUT2D eigenvalue weighted by Gasteiger charge is 2.20. The van der Waals surface area contributed by atoms with Crippen LogP contribution in [-0.2, 0) is 29.0 Å². The van der Waals surface area contributed by atoms with E-state index in [2.05, 4.69) is 15.6 Å². The lowest BCUT2D eigenvalue weighted by Crippen LogP contribution is -2.24. The Labute approximate surface area is 182 Å². The van der Waals surface area contributed by atoms with Crippen molar-refractivity contribution in [3.63, 3.8) is 0 Å². The largest absolute Gasteiger partial charge is 0.326 e. The number of halogens is 1. The molecule has 0 spiro atoms. The minimum atomic E-state index is -0.281. The molecule has 0 atom stereocenters. The lowest BCUT2D eigenvalue weighted by Gasteiger charge is -2.11. The van der Waals surface area contributed by atoms with Crippen molar-refractivity contribution in [1.29, 1.82) is 0 Å². The van der Waals surface area contributed by atoms with Crippen molar-refractivity contribution in [3.05, 3.63) is 50.3 Å². The molecule has 4 rings (SSSR count). The number of anilines is 2. The molecule has 1 aliphatic rings. The van der Waals surface area contributed by atoms with Crippen molar-refractivity contribution < 1.29 is 9.59 Å². The van der Waals surface area contributed by atoms with Crippen molar-refractivity contribution in [2.75, 3.05) is 10.6 Å². The monoisotopic (exact) mass is 444 g/mol. The minimum Gasteiger partial charge on any atom is -0.326 e. The number of carbonyl (C=O) groups is 2. The Kier molecular flexibility index (Phi) is 5.87. The smallest absolute Gasteiger partial charge is 0.262 e. The molecule has 0 saturated carbocycles. The van der Waals surface area contributed by atoms with Crippen LogP contribution in [0.25, 0.3) is 10.2 Å². The van der Waals surface area contributed by atoms with E-state index >= 15 is 0 Å². The highest BCUT2D eigenvalue weighted by Crippen LogP contribution is 2.33. The topological polar surface area (TPSA) is 93.1 Å². The molecule has 2 amide bonds. The molecule has 0 unspecified atom stereocenters. The molecule has 1 aromatic carbocycles. The highest BCUT2D eigenvalue weighted by atomic mass is 35.5. The van der Waals surface area contributed by atoms with Gasteiger partial charge < -0.3 is 10.6 Å². The number of thiophene rings is 1. The van der Waals surface area contributed by atoms with E-state index in [1.54, 1.807) is 29.5 Å². The van der Waals surface area contributed by atoms with Gasteiger partial charge in [-0.3, -0.25) is 19.0 Å². The van der Waals surface area contributed by atoms with Gasteiger partial charge in [0.15, 0.2) is 0 Å². The van der Waals surface area contributed by atoms with Gasteiger partial charge in [0.25, 0.3) is 5.56 Å². The molecule has 0 aliphatic heterocycles. The average Bonchev–Trinajstić information content (AvgIpc) is 3.09. The summed E-state index contributed by atoms with van der Waals surface area (Å²) in [5, 5.41) is 6.46. The van der Waals surface area contributed by atoms with Crippen molar-refractivity contribution in [2.24, 2.45) is 0 Å². The van der Waals surface area contributed by atoms with E-state index in [4.69, 9.17) is 11.6 Å². The molecular weight excluding hydrogens is 424 g/mol. The molecule has 2 heterocycles. The third-order valence-corrected chi connectivity index (χ3v) is 6.61. The minimum absolute atomic E-state index is 0.0853. The van der Waals surface area contributed by atoms with Gasteiger partial charge in [0.1, 0.15) is 4.83 Å². The van der Waals surface area contributed by atoms with E-state index in [-0.39, 0.29) is 30.3 Å². The van der Waals surface area contributed by atoms with E-state index in [0.29, 0.717) is 21.8 Å². The summed E-state index contributed by atoms with van der Waals surface area (Å²) in [6.07, 6.45) is 5.79. The molecule has 1 aliphatic carbocycles. The Hall–Kier alpha value is -2.71. The van der Waals surface area contributed by atoms with Crippen molar-refractivity contribution in [1.82, 2.24) is 9.55 Å². The first-order valence-electron chi connectivity index (χ1n) is 9.79. The van der Waals surface area contributed by atoms with Gasteiger partial charge in [-0.2, -0.15) is 0 Å². The average molecular weight is 445 g/mol. The lowest BCUT2D eigenvalue weighted by atomic mass is 9.97.